The van der Waals surface area contributed by atoms with Crippen molar-refractivity contribution in [1.29, 1.82) is 0 Å². The first-order chi connectivity index (χ1) is 19.4. The molecule has 5 rings (SSSR count). The standard InChI is InChI=1S/C26H34N2O5S.C2HF3O2/c1-27-23(29)20-21(24(27)30)26(25(31)33-3)13-7-8-14-28(26)22(20)16-11-12-19(18(15-16)32-2)34-17-9-5-4-6-10-17;3-2(4,5)1(6)7/h11-12,15,17,20-22H,4-10,13-14H2,1-3H3;(H,6,7)/t20?,21?,22?,26-;/m0./s1. The van der Waals surface area contributed by atoms with Crippen molar-refractivity contribution in [3.8, 4) is 5.75 Å². The Balaban J connectivity index is 0.000000493. The van der Waals surface area contributed by atoms with E-state index in [2.05, 4.69) is 17.0 Å². The van der Waals surface area contributed by atoms with Gasteiger partial charge in [-0.3, -0.25) is 24.2 Å². The molecule has 41 heavy (non-hydrogen) atoms. The topological polar surface area (TPSA) is 113 Å². The number of likely N-dealkylation sites (tertiary alicyclic amines) is 1. The van der Waals surface area contributed by atoms with Gasteiger partial charge in [0.1, 0.15) is 11.3 Å². The molecule has 3 heterocycles. The predicted molar refractivity (Wildman–Crippen MR) is 142 cm³/mol. The third-order valence-corrected chi connectivity index (χ3v) is 10.0. The summed E-state index contributed by atoms with van der Waals surface area (Å²) in [6.45, 7) is 0.651. The highest BCUT2D eigenvalue weighted by atomic mass is 32.2. The average Bonchev–Trinajstić information content (AvgIpc) is 3.39. The van der Waals surface area contributed by atoms with E-state index in [0.717, 1.165) is 29.1 Å². The van der Waals surface area contributed by atoms with E-state index in [0.29, 0.717) is 18.2 Å². The lowest BCUT2D eigenvalue weighted by atomic mass is 9.75. The molecule has 4 fully saturated rings. The summed E-state index contributed by atoms with van der Waals surface area (Å²) in [5.41, 5.74) is -0.174. The number of rotatable bonds is 5. The average molecular weight is 601 g/mol. The van der Waals surface area contributed by atoms with Gasteiger partial charge in [0, 0.05) is 23.2 Å². The Hall–Kier alpha value is -2.80. The fourth-order valence-corrected chi connectivity index (χ4v) is 8.16. The van der Waals surface area contributed by atoms with Crippen LogP contribution in [0, 0.1) is 11.8 Å². The zero-order chi connectivity index (χ0) is 30.1. The lowest BCUT2D eigenvalue weighted by molar-refractivity contribution is -0.192. The summed E-state index contributed by atoms with van der Waals surface area (Å²) in [6, 6.07) is 5.81. The van der Waals surface area contributed by atoms with Crippen LogP contribution in [0.5, 0.6) is 5.75 Å². The molecule has 226 valence electrons. The highest BCUT2D eigenvalue weighted by molar-refractivity contribution is 8.00. The minimum atomic E-state index is -5.08. The number of carbonyl (C=O) groups excluding carboxylic acids is 3. The van der Waals surface area contributed by atoms with Gasteiger partial charge in [0.15, 0.2) is 0 Å². The monoisotopic (exact) mass is 600 g/mol. The molecule has 3 aliphatic heterocycles. The van der Waals surface area contributed by atoms with Gasteiger partial charge in [-0.05, 0) is 56.3 Å². The van der Waals surface area contributed by atoms with Crippen LogP contribution in [0.4, 0.5) is 13.2 Å². The number of piperidine rings is 1. The number of methoxy groups -OCH3 is 2. The number of esters is 1. The third kappa shape index (κ3) is 5.67. The van der Waals surface area contributed by atoms with E-state index in [4.69, 9.17) is 19.4 Å². The molecular formula is C28H35F3N2O7S. The van der Waals surface area contributed by atoms with Gasteiger partial charge in [-0.1, -0.05) is 25.3 Å². The van der Waals surface area contributed by atoms with Gasteiger partial charge < -0.3 is 14.6 Å². The number of imide groups is 1. The van der Waals surface area contributed by atoms with E-state index in [-0.39, 0.29) is 17.9 Å². The molecule has 4 atom stereocenters. The van der Waals surface area contributed by atoms with Crippen molar-refractivity contribution in [2.75, 3.05) is 27.8 Å². The molecule has 1 aromatic carbocycles. The van der Waals surface area contributed by atoms with Crippen LogP contribution in [0.25, 0.3) is 0 Å². The van der Waals surface area contributed by atoms with Crippen molar-refractivity contribution in [2.24, 2.45) is 11.8 Å². The molecule has 9 nitrogen and oxygen atoms in total. The highest BCUT2D eigenvalue weighted by Gasteiger charge is 2.72. The molecule has 13 heteroatoms. The van der Waals surface area contributed by atoms with Crippen LogP contribution in [-0.4, -0.2) is 83.4 Å². The van der Waals surface area contributed by atoms with Gasteiger partial charge in [-0.25, -0.2) is 4.79 Å². The summed E-state index contributed by atoms with van der Waals surface area (Å²) in [6.07, 6.45) is 3.50. The minimum Gasteiger partial charge on any atom is -0.496 e. The number of amides is 2. The second-order valence-electron chi connectivity index (χ2n) is 10.8. The number of carbonyl (C=O) groups is 4. The molecule has 0 aromatic heterocycles. The van der Waals surface area contributed by atoms with Crippen LogP contribution >= 0.6 is 11.8 Å². The van der Waals surface area contributed by atoms with E-state index < -0.39 is 35.5 Å². The van der Waals surface area contributed by atoms with Gasteiger partial charge >= 0.3 is 18.1 Å². The number of alkyl halides is 3. The van der Waals surface area contributed by atoms with Gasteiger partial charge in [-0.15, -0.1) is 11.8 Å². The second kappa shape index (κ2) is 12.2. The van der Waals surface area contributed by atoms with E-state index in [1.807, 2.05) is 17.8 Å². The van der Waals surface area contributed by atoms with Crippen LogP contribution in [0.3, 0.4) is 0 Å². The molecule has 1 saturated carbocycles. The maximum Gasteiger partial charge on any atom is 0.490 e. The SMILES string of the molecule is COC(=O)[C@@]12CCCCN1C(c1ccc(SC3CCCCC3)c(OC)c1)C1C(=O)N(C)C(=O)C12.O=C(O)C(F)(F)F. The summed E-state index contributed by atoms with van der Waals surface area (Å²) in [4.78, 5) is 53.2. The molecule has 4 aliphatic rings. The number of fused-ring (bicyclic) bond motifs is 3. The number of halogens is 3. The van der Waals surface area contributed by atoms with E-state index in [1.54, 1.807) is 7.11 Å². The van der Waals surface area contributed by atoms with Gasteiger partial charge in [0.05, 0.1) is 26.1 Å². The minimum absolute atomic E-state index is 0.211. The van der Waals surface area contributed by atoms with Crippen molar-refractivity contribution in [3.05, 3.63) is 23.8 Å². The summed E-state index contributed by atoms with van der Waals surface area (Å²) in [5.74, 6) is -4.17. The van der Waals surface area contributed by atoms with Crippen LogP contribution < -0.4 is 4.74 Å². The Morgan fingerprint density at radius 1 is 1.05 bits per heavy atom. The van der Waals surface area contributed by atoms with Gasteiger partial charge in [0.25, 0.3) is 0 Å². The quantitative estimate of drug-likeness (QED) is 0.387. The summed E-state index contributed by atoms with van der Waals surface area (Å²) >= 11 is 1.88. The second-order valence-corrected chi connectivity index (χ2v) is 12.2. The first-order valence-corrected chi connectivity index (χ1v) is 14.6. The summed E-state index contributed by atoms with van der Waals surface area (Å²) in [5, 5.41) is 7.72. The maximum atomic E-state index is 13.4. The summed E-state index contributed by atoms with van der Waals surface area (Å²) in [7, 11) is 4.58. The van der Waals surface area contributed by atoms with Crippen molar-refractivity contribution < 1.29 is 46.9 Å². The molecule has 0 bridgehead atoms. The largest absolute Gasteiger partial charge is 0.496 e. The van der Waals surface area contributed by atoms with E-state index >= 15 is 0 Å². The normalized spacial score (nSPS) is 28.4. The fourth-order valence-electron chi connectivity index (χ4n) is 6.83. The Morgan fingerprint density at radius 3 is 2.29 bits per heavy atom. The maximum absolute atomic E-state index is 13.4. The first kappa shape index (κ1) is 31.1. The molecule has 0 spiro atoms. The number of benzene rings is 1. The Kier molecular flexibility index (Phi) is 9.27. The zero-order valence-electron chi connectivity index (χ0n) is 23.2. The van der Waals surface area contributed by atoms with Crippen molar-refractivity contribution in [2.45, 2.75) is 79.3 Å². The number of hydrogen-bond acceptors (Lipinski definition) is 8. The number of thioether (sulfide) groups is 1. The van der Waals surface area contributed by atoms with E-state index in [9.17, 15) is 27.6 Å². The Labute approximate surface area is 240 Å². The molecule has 2 amide bonds. The van der Waals surface area contributed by atoms with Crippen molar-refractivity contribution >= 4 is 35.5 Å². The number of aliphatic carboxylic acids is 1. The van der Waals surface area contributed by atoms with Crippen LogP contribution in [0.15, 0.2) is 23.1 Å². The lowest BCUT2D eigenvalue weighted by Gasteiger charge is -2.44. The Bertz CT molecular complexity index is 1190. The number of carboxylic acid groups (broad SMARTS) is 1. The van der Waals surface area contributed by atoms with Gasteiger partial charge in [0.2, 0.25) is 11.8 Å². The molecule has 3 unspecified atom stereocenters. The van der Waals surface area contributed by atoms with Gasteiger partial charge in [-0.2, -0.15) is 13.2 Å². The zero-order valence-corrected chi connectivity index (χ0v) is 24.1. The molecule has 0 radical (unpaired) electrons. The summed E-state index contributed by atoms with van der Waals surface area (Å²) < 4.78 is 42.8. The number of carboxylic acids is 1. The number of ether oxygens (including phenoxy) is 2. The number of nitrogens with zero attached hydrogens (tertiary/aromatic N) is 2. The molecule has 1 aromatic rings. The van der Waals surface area contributed by atoms with Crippen LogP contribution in [-0.2, 0) is 23.9 Å². The first-order valence-electron chi connectivity index (χ1n) is 13.7. The molecule has 1 N–H and O–H groups in total. The van der Waals surface area contributed by atoms with E-state index in [1.165, 1.54) is 51.2 Å². The molecule has 1 aliphatic carbocycles. The van der Waals surface area contributed by atoms with Crippen molar-refractivity contribution in [1.82, 2.24) is 9.80 Å². The Morgan fingerprint density at radius 2 is 1.71 bits per heavy atom. The highest BCUT2D eigenvalue weighted by Crippen LogP contribution is 2.58. The fraction of sp³-hybridized carbons (Fsp3) is 0.643. The molecule has 3 saturated heterocycles. The lowest BCUT2D eigenvalue weighted by Crippen LogP contribution is -2.59. The van der Waals surface area contributed by atoms with Crippen LogP contribution in [0.1, 0.15) is 63.0 Å². The smallest absolute Gasteiger partial charge is 0.490 e. The molecular weight excluding hydrogens is 565 g/mol. The number of hydrogen-bond donors (Lipinski definition) is 1. The predicted octanol–water partition coefficient (Wildman–Crippen LogP) is 4.44. The van der Waals surface area contributed by atoms with Crippen LogP contribution in [0.2, 0.25) is 0 Å². The van der Waals surface area contributed by atoms with Crippen molar-refractivity contribution in [3.63, 3.8) is 0 Å². The third-order valence-electron chi connectivity index (χ3n) is 8.64.